The second-order valence-corrected chi connectivity index (χ2v) is 4.62. The first kappa shape index (κ1) is 13.4. The molecular formula is C10H22N2O2. The number of aliphatic hydroxyl groups excluding tert-OH is 1. The second kappa shape index (κ2) is 5.98. The van der Waals surface area contributed by atoms with Crippen LogP contribution in [-0.4, -0.2) is 37.3 Å². The van der Waals surface area contributed by atoms with Gasteiger partial charge in [-0.25, -0.2) is 0 Å². The van der Waals surface area contributed by atoms with E-state index < -0.39 is 0 Å². The molecule has 0 rings (SSSR count). The maximum Gasteiger partial charge on any atom is 0.237 e. The Bertz CT molecular complexity index is 175. The van der Waals surface area contributed by atoms with Gasteiger partial charge in [0.1, 0.15) is 0 Å². The SMILES string of the molecule is CNC(CC(C)(C)C)C(=O)NCCO. The van der Waals surface area contributed by atoms with Gasteiger partial charge in [-0.1, -0.05) is 20.8 Å². The quantitative estimate of drug-likeness (QED) is 0.593. The highest BCUT2D eigenvalue weighted by Gasteiger charge is 2.22. The molecule has 0 saturated heterocycles. The summed E-state index contributed by atoms with van der Waals surface area (Å²) in [5.41, 5.74) is 0.115. The topological polar surface area (TPSA) is 61.4 Å². The van der Waals surface area contributed by atoms with Crippen molar-refractivity contribution in [2.24, 2.45) is 5.41 Å². The Morgan fingerprint density at radius 3 is 2.36 bits per heavy atom. The van der Waals surface area contributed by atoms with E-state index in [1.165, 1.54) is 0 Å². The number of hydrogen-bond donors (Lipinski definition) is 3. The Hall–Kier alpha value is -0.610. The molecule has 4 nitrogen and oxygen atoms in total. The van der Waals surface area contributed by atoms with Gasteiger partial charge in [-0.05, 0) is 18.9 Å². The minimum absolute atomic E-state index is 0.0162. The maximum absolute atomic E-state index is 11.5. The Balaban J connectivity index is 4.06. The predicted molar refractivity (Wildman–Crippen MR) is 57.0 cm³/mol. The normalized spacial score (nSPS) is 13.8. The van der Waals surface area contributed by atoms with E-state index in [1.807, 2.05) is 0 Å². The van der Waals surface area contributed by atoms with Gasteiger partial charge in [-0.3, -0.25) is 4.79 Å². The monoisotopic (exact) mass is 202 g/mol. The van der Waals surface area contributed by atoms with Crippen molar-refractivity contribution in [3.63, 3.8) is 0 Å². The van der Waals surface area contributed by atoms with E-state index in [-0.39, 0.29) is 24.0 Å². The van der Waals surface area contributed by atoms with E-state index in [2.05, 4.69) is 31.4 Å². The lowest BCUT2D eigenvalue weighted by molar-refractivity contribution is -0.123. The van der Waals surface area contributed by atoms with Gasteiger partial charge in [0.2, 0.25) is 5.91 Å². The van der Waals surface area contributed by atoms with Crippen LogP contribution in [0.3, 0.4) is 0 Å². The van der Waals surface area contributed by atoms with Crippen LogP contribution in [0.4, 0.5) is 0 Å². The predicted octanol–water partition coefficient (Wildman–Crippen LogP) is 0.119. The molecule has 1 amide bonds. The summed E-state index contributed by atoms with van der Waals surface area (Å²) in [7, 11) is 1.77. The number of carbonyl (C=O) groups is 1. The number of amides is 1. The third-order valence-electron chi connectivity index (χ3n) is 1.89. The van der Waals surface area contributed by atoms with Gasteiger partial charge in [0.15, 0.2) is 0 Å². The molecule has 0 saturated carbocycles. The van der Waals surface area contributed by atoms with Crippen LogP contribution in [0.2, 0.25) is 0 Å². The minimum atomic E-state index is -0.179. The standard InChI is InChI=1S/C10H22N2O2/c1-10(2,3)7-8(11-4)9(14)12-5-6-13/h8,11,13H,5-7H2,1-4H3,(H,12,14). The Labute approximate surface area is 86.1 Å². The van der Waals surface area contributed by atoms with E-state index in [9.17, 15) is 4.79 Å². The molecule has 0 bridgehead atoms. The number of hydrogen-bond acceptors (Lipinski definition) is 3. The highest BCUT2D eigenvalue weighted by Crippen LogP contribution is 2.20. The van der Waals surface area contributed by atoms with Gasteiger partial charge >= 0.3 is 0 Å². The molecule has 0 aromatic heterocycles. The van der Waals surface area contributed by atoms with Gasteiger partial charge in [-0.15, -0.1) is 0 Å². The van der Waals surface area contributed by atoms with Gasteiger partial charge < -0.3 is 15.7 Å². The number of nitrogens with one attached hydrogen (secondary N) is 2. The zero-order valence-corrected chi connectivity index (χ0v) is 9.55. The number of aliphatic hydroxyl groups is 1. The fourth-order valence-corrected chi connectivity index (χ4v) is 1.24. The average Bonchev–Trinajstić information content (AvgIpc) is 2.08. The van der Waals surface area contributed by atoms with Gasteiger partial charge in [0.05, 0.1) is 12.6 Å². The summed E-state index contributed by atoms with van der Waals surface area (Å²) >= 11 is 0. The van der Waals surface area contributed by atoms with Crippen molar-refractivity contribution in [1.82, 2.24) is 10.6 Å². The molecule has 4 heteroatoms. The molecule has 1 unspecified atom stereocenters. The molecule has 0 spiro atoms. The first-order valence-corrected chi connectivity index (χ1v) is 4.96. The molecule has 0 heterocycles. The van der Waals surface area contributed by atoms with Crippen LogP contribution in [-0.2, 0) is 4.79 Å². The zero-order chi connectivity index (χ0) is 11.2. The summed E-state index contributed by atoms with van der Waals surface area (Å²) in [6.45, 7) is 6.59. The highest BCUT2D eigenvalue weighted by molar-refractivity contribution is 5.81. The van der Waals surface area contributed by atoms with Crippen molar-refractivity contribution in [1.29, 1.82) is 0 Å². The Morgan fingerprint density at radius 1 is 1.43 bits per heavy atom. The van der Waals surface area contributed by atoms with E-state index in [0.717, 1.165) is 6.42 Å². The summed E-state index contributed by atoms with van der Waals surface area (Å²) in [6, 6.07) is -0.179. The van der Waals surface area contributed by atoms with E-state index in [4.69, 9.17) is 5.11 Å². The molecule has 0 aromatic rings. The molecule has 0 aliphatic carbocycles. The average molecular weight is 202 g/mol. The van der Waals surface area contributed by atoms with Crippen molar-refractivity contribution in [3.8, 4) is 0 Å². The third-order valence-corrected chi connectivity index (χ3v) is 1.89. The summed E-state index contributed by atoms with van der Waals surface area (Å²) in [4.78, 5) is 11.5. The molecule has 0 radical (unpaired) electrons. The van der Waals surface area contributed by atoms with Crippen LogP contribution >= 0.6 is 0 Å². The van der Waals surface area contributed by atoms with Crippen LogP contribution in [0.15, 0.2) is 0 Å². The summed E-state index contributed by atoms with van der Waals surface area (Å²) in [5.74, 6) is -0.0449. The van der Waals surface area contributed by atoms with Gasteiger partial charge in [0.25, 0.3) is 0 Å². The maximum atomic E-state index is 11.5. The fraction of sp³-hybridized carbons (Fsp3) is 0.900. The number of carbonyl (C=O) groups excluding carboxylic acids is 1. The highest BCUT2D eigenvalue weighted by atomic mass is 16.3. The molecule has 0 aromatic carbocycles. The summed E-state index contributed by atoms with van der Waals surface area (Å²) in [5, 5.41) is 14.2. The summed E-state index contributed by atoms with van der Waals surface area (Å²) < 4.78 is 0. The number of likely N-dealkylation sites (N-methyl/N-ethyl adjacent to an activating group) is 1. The zero-order valence-electron chi connectivity index (χ0n) is 9.55. The second-order valence-electron chi connectivity index (χ2n) is 4.62. The smallest absolute Gasteiger partial charge is 0.237 e. The van der Waals surface area contributed by atoms with Crippen molar-refractivity contribution in [2.75, 3.05) is 20.2 Å². The molecular weight excluding hydrogens is 180 g/mol. The van der Waals surface area contributed by atoms with Crippen molar-refractivity contribution >= 4 is 5.91 Å². The van der Waals surface area contributed by atoms with Crippen molar-refractivity contribution < 1.29 is 9.90 Å². The largest absolute Gasteiger partial charge is 0.395 e. The first-order valence-electron chi connectivity index (χ1n) is 4.96. The molecule has 14 heavy (non-hydrogen) atoms. The van der Waals surface area contributed by atoms with Gasteiger partial charge in [0, 0.05) is 6.54 Å². The minimum Gasteiger partial charge on any atom is -0.395 e. The van der Waals surface area contributed by atoms with Crippen LogP contribution in [0.1, 0.15) is 27.2 Å². The molecule has 0 aliphatic rings. The van der Waals surface area contributed by atoms with Gasteiger partial charge in [-0.2, -0.15) is 0 Å². The van der Waals surface area contributed by atoms with Crippen molar-refractivity contribution in [3.05, 3.63) is 0 Å². The Kier molecular flexibility index (Phi) is 5.72. The summed E-state index contributed by atoms with van der Waals surface area (Å²) in [6.07, 6.45) is 0.779. The van der Waals surface area contributed by atoms with Crippen LogP contribution in [0.25, 0.3) is 0 Å². The molecule has 84 valence electrons. The van der Waals surface area contributed by atoms with Crippen LogP contribution < -0.4 is 10.6 Å². The van der Waals surface area contributed by atoms with Crippen LogP contribution in [0.5, 0.6) is 0 Å². The number of rotatable bonds is 5. The lowest BCUT2D eigenvalue weighted by Crippen LogP contribution is -2.45. The lowest BCUT2D eigenvalue weighted by Gasteiger charge is -2.24. The molecule has 0 aliphatic heterocycles. The fourth-order valence-electron chi connectivity index (χ4n) is 1.24. The molecule has 0 fully saturated rings. The first-order chi connectivity index (χ1) is 6.40. The van der Waals surface area contributed by atoms with Crippen molar-refractivity contribution in [2.45, 2.75) is 33.2 Å². The molecule has 3 N–H and O–H groups in total. The third kappa shape index (κ3) is 5.94. The van der Waals surface area contributed by atoms with E-state index in [1.54, 1.807) is 7.05 Å². The van der Waals surface area contributed by atoms with E-state index in [0.29, 0.717) is 6.54 Å². The molecule has 1 atom stereocenters. The Morgan fingerprint density at radius 2 is 2.00 bits per heavy atom. The van der Waals surface area contributed by atoms with Crippen LogP contribution in [0, 0.1) is 5.41 Å². The lowest BCUT2D eigenvalue weighted by atomic mass is 9.88. The van der Waals surface area contributed by atoms with E-state index >= 15 is 0 Å².